The Morgan fingerprint density at radius 3 is 1.86 bits per heavy atom. The van der Waals surface area contributed by atoms with Crippen LogP contribution in [0.1, 0.15) is 22.6 Å². The molecule has 0 saturated heterocycles. The summed E-state index contributed by atoms with van der Waals surface area (Å²) in [5.41, 5.74) is -1.38. The third kappa shape index (κ3) is 4.36. The highest BCUT2D eigenvalue weighted by Gasteiger charge is 2.33. The lowest BCUT2D eigenvalue weighted by Crippen LogP contribution is -2.33. The molecule has 2 heterocycles. The van der Waals surface area contributed by atoms with Crippen molar-refractivity contribution >= 4 is 40.4 Å². The van der Waals surface area contributed by atoms with Gasteiger partial charge < -0.3 is 19.7 Å². The summed E-state index contributed by atoms with van der Waals surface area (Å²) >= 11 is 13.9. The molecule has 10 nitrogen and oxygen atoms in total. The maximum absolute atomic E-state index is 13.5. The normalized spacial score (nSPS) is 10.9. The fourth-order valence-electron chi connectivity index (χ4n) is 3.86. The summed E-state index contributed by atoms with van der Waals surface area (Å²) in [7, 11) is 7.27. The summed E-state index contributed by atoms with van der Waals surface area (Å²) in [6.45, 7) is -0.0351. The van der Waals surface area contributed by atoms with E-state index in [1.165, 1.54) is 50.5 Å². The van der Waals surface area contributed by atoms with Gasteiger partial charge >= 0.3 is 0 Å². The van der Waals surface area contributed by atoms with Gasteiger partial charge in [-0.25, -0.2) is 0 Å². The van der Waals surface area contributed by atoms with Crippen LogP contribution in [-0.2, 0) is 28.2 Å². The van der Waals surface area contributed by atoms with Crippen LogP contribution in [0.5, 0.6) is 23.3 Å². The van der Waals surface area contributed by atoms with E-state index in [-0.39, 0.29) is 33.0 Å². The largest absolute Gasteiger partial charge is 0.494 e. The molecular weight excluding hydrogens is 572 g/mol. The van der Waals surface area contributed by atoms with E-state index >= 15 is 0 Å². The minimum Gasteiger partial charge on any atom is -0.494 e. The fourth-order valence-corrected chi connectivity index (χ4v) is 4.78. The van der Waals surface area contributed by atoms with E-state index in [1.807, 2.05) is 0 Å². The molecule has 0 fully saturated rings. The lowest BCUT2D eigenvalue weighted by atomic mass is 9.86. The van der Waals surface area contributed by atoms with Crippen LogP contribution in [-0.4, -0.2) is 42.2 Å². The molecule has 0 unspecified atom stereocenters. The summed E-state index contributed by atoms with van der Waals surface area (Å²) in [5, 5.41) is 22.2. The molecule has 0 saturated carbocycles. The van der Waals surface area contributed by atoms with Crippen LogP contribution < -0.4 is 20.6 Å². The zero-order valence-electron chi connectivity index (χ0n) is 20.0. The molecule has 2 N–H and O–H groups in total. The van der Waals surface area contributed by atoms with Gasteiger partial charge in [0.05, 0.1) is 28.6 Å². The molecule has 0 aliphatic heterocycles. The molecule has 3 aromatic rings. The molecule has 0 spiro atoms. The zero-order valence-corrected chi connectivity index (χ0v) is 23.2. The monoisotopic (exact) mass is 594 g/mol. The van der Waals surface area contributed by atoms with Crippen LogP contribution in [0.4, 0.5) is 0 Å². The molecular formula is C23H23BrN4O6S2. The highest BCUT2D eigenvalue weighted by molar-refractivity contribution is 9.10. The maximum atomic E-state index is 13.5. The molecule has 2 aromatic heterocycles. The lowest BCUT2D eigenvalue weighted by molar-refractivity contribution is 0.328. The minimum absolute atomic E-state index is 0.0351. The van der Waals surface area contributed by atoms with Crippen molar-refractivity contribution < 1.29 is 19.7 Å². The van der Waals surface area contributed by atoms with Gasteiger partial charge in [-0.3, -0.25) is 27.9 Å². The molecule has 1 aromatic carbocycles. The quantitative estimate of drug-likeness (QED) is 0.331. The molecule has 13 heteroatoms. The van der Waals surface area contributed by atoms with Crippen molar-refractivity contribution in [3.63, 3.8) is 0 Å². The van der Waals surface area contributed by atoms with E-state index in [2.05, 4.69) is 21.9 Å². The number of methoxy groups -OCH3 is 1. The summed E-state index contributed by atoms with van der Waals surface area (Å²) in [5.74, 6) is 0.698. The van der Waals surface area contributed by atoms with Crippen LogP contribution in [0.25, 0.3) is 0 Å². The average Bonchev–Trinajstić information content (AvgIpc) is 2.86. The van der Waals surface area contributed by atoms with Crippen molar-refractivity contribution in [3.8, 4) is 35.6 Å². The van der Waals surface area contributed by atoms with Crippen molar-refractivity contribution in [2.45, 2.75) is 5.92 Å². The molecule has 36 heavy (non-hydrogen) atoms. The predicted octanol–water partition coefficient (Wildman–Crippen LogP) is 2.59. The number of ether oxygens (including phenoxy) is 2. The average molecular weight is 595 g/mol. The molecule has 0 aliphatic carbocycles. The first-order valence-corrected chi connectivity index (χ1v) is 11.9. The van der Waals surface area contributed by atoms with Gasteiger partial charge in [0.2, 0.25) is 11.8 Å². The smallest absolute Gasteiger partial charge is 0.262 e. The molecule has 3 rings (SSSR count). The Bertz CT molecular complexity index is 1580. The topological polar surface area (TPSA) is 113 Å². The number of halogens is 1. The maximum Gasteiger partial charge on any atom is 0.262 e. The minimum atomic E-state index is -1.27. The molecule has 190 valence electrons. The van der Waals surface area contributed by atoms with E-state index in [4.69, 9.17) is 40.3 Å². The first-order chi connectivity index (χ1) is 16.9. The van der Waals surface area contributed by atoms with E-state index in [0.717, 1.165) is 9.13 Å². The highest BCUT2D eigenvalue weighted by atomic mass is 79.9. The van der Waals surface area contributed by atoms with Gasteiger partial charge in [-0.05, 0) is 58.1 Å². The number of terminal acetylenes is 1. The second-order valence-electron chi connectivity index (χ2n) is 7.85. The van der Waals surface area contributed by atoms with Crippen molar-refractivity contribution in [1.82, 2.24) is 18.3 Å². The van der Waals surface area contributed by atoms with Gasteiger partial charge in [0.25, 0.3) is 11.1 Å². The van der Waals surface area contributed by atoms with Gasteiger partial charge in [0, 0.05) is 28.2 Å². The number of aromatic nitrogens is 4. The fraction of sp³-hybridized carbons (Fsp3) is 0.304. The van der Waals surface area contributed by atoms with Gasteiger partial charge in [-0.15, -0.1) is 6.42 Å². The standard InChI is InChI=1S/C23H23BrN4O6S2/c1-7-8-34-17-12(24)9-11(10-13(17)33-6)14(15-18(29)25(2)22(35)26(3)19(15)30)16-20(31)27(4)23(36)28(5)21(16)32/h1,9-10,14,29,31H,8H2,2-6H3. The van der Waals surface area contributed by atoms with Crippen LogP contribution >= 0.6 is 40.4 Å². The van der Waals surface area contributed by atoms with Crippen LogP contribution in [0, 0.1) is 21.9 Å². The highest BCUT2D eigenvalue weighted by Crippen LogP contribution is 2.43. The van der Waals surface area contributed by atoms with Crippen LogP contribution in [0.15, 0.2) is 26.2 Å². The van der Waals surface area contributed by atoms with Gasteiger partial charge in [0.15, 0.2) is 21.0 Å². The van der Waals surface area contributed by atoms with E-state index in [1.54, 1.807) is 6.07 Å². The SMILES string of the molecule is C#CCOc1c(Br)cc(C(c2c(O)n(C)c(=S)n(C)c2=O)c2c(O)n(C)c(=S)n(C)c2=O)cc1OC. The van der Waals surface area contributed by atoms with Gasteiger partial charge in [-0.1, -0.05) is 5.92 Å². The first kappa shape index (κ1) is 27.3. The zero-order chi connectivity index (χ0) is 27.1. The number of hydrogen-bond donors (Lipinski definition) is 2. The second kappa shape index (κ2) is 10.3. The lowest BCUT2D eigenvalue weighted by Gasteiger charge is -2.24. The van der Waals surface area contributed by atoms with Crippen molar-refractivity contribution in [2.75, 3.05) is 13.7 Å². The Morgan fingerprint density at radius 1 is 0.972 bits per heavy atom. The van der Waals surface area contributed by atoms with Crippen molar-refractivity contribution in [3.05, 3.63) is 63.5 Å². The molecule has 0 amide bonds. The van der Waals surface area contributed by atoms with Gasteiger partial charge in [-0.2, -0.15) is 0 Å². The first-order valence-electron chi connectivity index (χ1n) is 10.3. The molecule has 0 atom stereocenters. The number of nitrogens with zero attached hydrogens (tertiary/aromatic N) is 4. The molecule has 0 radical (unpaired) electrons. The van der Waals surface area contributed by atoms with Crippen molar-refractivity contribution in [1.29, 1.82) is 0 Å². The number of rotatable bonds is 6. The van der Waals surface area contributed by atoms with Crippen LogP contribution in [0.2, 0.25) is 0 Å². The number of benzene rings is 1. The Morgan fingerprint density at radius 2 is 1.44 bits per heavy atom. The second-order valence-corrected chi connectivity index (χ2v) is 9.43. The summed E-state index contributed by atoms with van der Waals surface area (Å²) in [6, 6.07) is 3.11. The third-order valence-corrected chi connectivity index (χ3v) is 7.48. The summed E-state index contributed by atoms with van der Waals surface area (Å²) in [4.78, 5) is 26.9. The van der Waals surface area contributed by atoms with E-state index < -0.39 is 28.8 Å². The van der Waals surface area contributed by atoms with Gasteiger partial charge in [0.1, 0.15) is 6.61 Å². The Hall–Kier alpha value is -3.34. The van der Waals surface area contributed by atoms with Crippen LogP contribution in [0.3, 0.4) is 0 Å². The summed E-state index contributed by atoms with van der Waals surface area (Å²) < 4.78 is 16.4. The number of hydrogen-bond acceptors (Lipinski definition) is 8. The predicted molar refractivity (Wildman–Crippen MR) is 142 cm³/mol. The Labute approximate surface area is 224 Å². The van der Waals surface area contributed by atoms with E-state index in [9.17, 15) is 19.8 Å². The summed E-state index contributed by atoms with van der Waals surface area (Å²) in [6.07, 6.45) is 5.31. The Balaban J connectivity index is 2.57. The van der Waals surface area contributed by atoms with Crippen molar-refractivity contribution in [2.24, 2.45) is 28.2 Å². The number of aromatic hydroxyl groups is 2. The molecule has 0 aliphatic rings. The Kier molecular flexibility index (Phi) is 7.82. The van der Waals surface area contributed by atoms with E-state index in [0.29, 0.717) is 15.8 Å². The molecule has 0 bridgehead atoms. The third-order valence-electron chi connectivity index (χ3n) is 5.80.